The second-order valence-electron chi connectivity index (χ2n) is 3.99. The number of rotatable bonds is 2. The van der Waals surface area contributed by atoms with Gasteiger partial charge < -0.3 is 9.52 Å². The minimum atomic E-state index is -0.952. The van der Waals surface area contributed by atoms with Gasteiger partial charge in [-0.2, -0.15) is 0 Å². The van der Waals surface area contributed by atoms with Crippen molar-refractivity contribution in [2.75, 3.05) is 0 Å². The van der Waals surface area contributed by atoms with Gasteiger partial charge in [0.05, 0.1) is 10.0 Å². The van der Waals surface area contributed by atoms with Crippen LogP contribution in [0.25, 0.3) is 22.6 Å². The van der Waals surface area contributed by atoms with E-state index in [1.165, 1.54) is 12.1 Å². The average Bonchev–Trinajstić information content (AvgIpc) is 2.84. The standard InChI is InChI=1S/C14H8BrNO3/c15-10-2-1-3-11-12(10)19-13(16-11)8-4-6-9(7-5-8)14(17)18/h1-7H,(H,17,18). The number of carboxylic acid groups (broad SMARTS) is 1. The SMILES string of the molecule is O=C(O)c1ccc(-c2nc3cccc(Br)c3o2)cc1. The molecule has 0 saturated heterocycles. The molecule has 0 saturated carbocycles. The number of nitrogens with zero attached hydrogens (tertiary/aromatic N) is 1. The zero-order valence-corrected chi connectivity index (χ0v) is 11.2. The molecule has 0 amide bonds. The largest absolute Gasteiger partial charge is 0.478 e. The summed E-state index contributed by atoms with van der Waals surface area (Å²) in [7, 11) is 0. The van der Waals surface area contributed by atoms with Gasteiger partial charge in [-0.05, 0) is 52.3 Å². The second-order valence-corrected chi connectivity index (χ2v) is 4.84. The highest BCUT2D eigenvalue weighted by atomic mass is 79.9. The Kier molecular flexibility index (Phi) is 2.83. The van der Waals surface area contributed by atoms with Crippen molar-refractivity contribution in [1.82, 2.24) is 4.98 Å². The Balaban J connectivity index is 2.09. The lowest BCUT2D eigenvalue weighted by molar-refractivity contribution is 0.0697. The molecule has 0 atom stereocenters. The molecule has 0 aliphatic carbocycles. The maximum Gasteiger partial charge on any atom is 0.335 e. The number of oxazole rings is 1. The Bertz CT molecular complexity index is 762. The van der Waals surface area contributed by atoms with E-state index in [2.05, 4.69) is 20.9 Å². The quantitative estimate of drug-likeness (QED) is 0.777. The first kappa shape index (κ1) is 11.9. The molecule has 0 unspecified atom stereocenters. The Morgan fingerprint density at radius 2 is 1.89 bits per heavy atom. The molecule has 5 heteroatoms. The smallest absolute Gasteiger partial charge is 0.335 e. The Hall–Kier alpha value is -2.14. The fraction of sp³-hybridized carbons (Fsp3) is 0. The van der Waals surface area contributed by atoms with E-state index >= 15 is 0 Å². The van der Waals surface area contributed by atoms with Crippen LogP contribution < -0.4 is 0 Å². The van der Waals surface area contributed by atoms with Gasteiger partial charge in [0.15, 0.2) is 5.58 Å². The summed E-state index contributed by atoms with van der Waals surface area (Å²) in [5, 5.41) is 8.85. The molecule has 0 aliphatic heterocycles. The van der Waals surface area contributed by atoms with Gasteiger partial charge in [0.25, 0.3) is 0 Å². The third-order valence-corrected chi connectivity index (χ3v) is 3.37. The van der Waals surface area contributed by atoms with E-state index in [1.807, 2.05) is 18.2 Å². The molecule has 3 aromatic rings. The Morgan fingerprint density at radius 1 is 1.16 bits per heavy atom. The van der Waals surface area contributed by atoms with Gasteiger partial charge >= 0.3 is 5.97 Å². The molecule has 0 radical (unpaired) electrons. The normalized spacial score (nSPS) is 10.8. The minimum absolute atomic E-state index is 0.237. The molecule has 19 heavy (non-hydrogen) atoms. The number of para-hydroxylation sites is 1. The predicted octanol–water partition coefficient (Wildman–Crippen LogP) is 3.96. The first-order chi connectivity index (χ1) is 9.15. The van der Waals surface area contributed by atoms with Gasteiger partial charge in [-0.15, -0.1) is 0 Å². The first-order valence-corrected chi connectivity index (χ1v) is 6.33. The third-order valence-electron chi connectivity index (χ3n) is 2.75. The summed E-state index contributed by atoms with van der Waals surface area (Å²) < 4.78 is 6.52. The molecular formula is C14H8BrNO3. The monoisotopic (exact) mass is 317 g/mol. The van der Waals surface area contributed by atoms with E-state index in [-0.39, 0.29) is 5.56 Å². The van der Waals surface area contributed by atoms with Crippen LogP contribution >= 0.6 is 15.9 Å². The predicted molar refractivity (Wildman–Crippen MR) is 74.1 cm³/mol. The Morgan fingerprint density at radius 3 is 2.53 bits per heavy atom. The van der Waals surface area contributed by atoms with E-state index in [9.17, 15) is 4.79 Å². The first-order valence-electron chi connectivity index (χ1n) is 5.54. The second kappa shape index (κ2) is 4.51. The third kappa shape index (κ3) is 2.13. The molecule has 4 nitrogen and oxygen atoms in total. The number of hydrogen-bond donors (Lipinski definition) is 1. The Labute approximate surface area is 116 Å². The topological polar surface area (TPSA) is 63.3 Å². The molecule has 0 spiro atoms. The van der Waals surface area contributed by atoms with Gasteiger partial charge in [0, 0.05) is 5.56 Å². The number of carbonyl (C=O) groups is 1. The summed E-state index contributed by atoms with van der Waals surface area (Å²) in [6, 6.07) is 12.0. The van der Waals surface area contributed by atoms with Crippen molar-refractivity contribution >= 4 is 33.0 Å². The van der Waals surface area contributed by atoms with Crippen molar-refractivity contribution < 1.29 is 14.3 Å². The van der Waals surface area contributed by atoms with Gasteiger partial charge in [-0.25, -0.2) is 9.78 Å². The molecule has 0 aliphatic rings. The summed E-state index contributed by atoms with van der Waals surface area (Å²) in [6.45, 7) is 0. The van der Waals surface area contributed by atoms with Crippen LogP contribution in [0.1, 0.15) is 10.4 Å². The molecule has 1 heterocycles. The van der Waals surface area contributed by atoms with Crippen molar-refractivity contribution in [2.45, 2.75) is 0 Å². The van der Waals surface area contributed by atoms with Crippen LogP contribution in [0.5, 0.6) is 0 Å². The van der Waals surface area contributed by atoms with E-state index in [0.29, 0.717) is 11.5 Å². The van der Waals surface area contributed by atoms with Gasteiger partial charge in [0.2, 0.25) is 5.89 Å². The van der Waals surface area contributed by atoms with Crippen LogP contribution in [-0.2, 0) is 0 Å². The number of benzene rings is 2. The fourth-order valence-electron chi connectivity index (χ4n) is 1.79. The molecule has 0 bridgehead atoms. The number of hydrogen-bond acceptors (Lipinski definition) is 3. The van der Waals surface area contributed by atoms with Gasteiger partial charge in [-0.3, -0.25) is 0 Å². The van der Waals surface area contributed by atoms with Crippen molar-refractivity contribution in [3.63, 3.8) is 0 Å². The van der Waals surface area contributed by atoms with Crippen molar-refractivity contribution in [3.05, 3.63) is 52.5 Å². The zero-order chi connectivity index (χ0) is 13.4. The van der Waals surface area contributed by atoms with Crippen LogP contribution in [0, 0.1) is 0 Å². The molecular weight excluding hydrogens is 310 g/mol. The molecule has 1 N–H and O–H groups in total. The van der Waals surface area contributed by atoms with Crippen LogP contribution in [0.3, 0.4) is 0 Å². The molecule has 1 aromatic heterocycles. The summed E-state index contributed by atoms with van der Waals surface area (Å²) in [5.74, 6) is -0.481. The van der Waals surface area contributed by atoms with Crippen molar-refractivity contribution in [2.24, 2.45) is 0 Å². The van der Waals surface area contributed by atoms with Crippen LogP contribution in [0.15, 0.2) is 51.4 Å². The molecule has 3 rings (SSSR count). The fourth-order valence-corrected chi connectivity index (χ4v) is 2.23. The highest BCUT2D eigenvalue weighted by Crippen LogP contribution is 2.29. The maximum absolute atomic E-state index is 10.8. The minimum Gasteiger partial charge on any atom is -0.478 e. The maximum atomic E-state index is 10.8. The average molecular weight is 318 g/mol. The summed E-state index contributed by atoms with van der Waals surface area (Å²) in [5.41, 5.74) is 2.42. The lowest BCUT2D eigenvalue weighted by Crippen LogP contribution is -1.94. The van der Waals surface area contributed by atoms with Crippen LogP contribution in [0.4, 0.5) is 0 Å². The van der Waals surface area contributed by atoms with Crippen molar-refractivity contribution in [1.29, 1.82) is 0 Å². The molecule has 0 fully saturated rings. The molecule has 94 valence electrons. The lowest BCUT2D eigenvalue weighted by Gasteiger charge is -1.96. The lowest BCUT2D eigenvalue weighted by atomic mass is 10.1. The van der Waals surface area contributed by atoms with Crippen molar-refractivity contribution in [3.8, 4) is 11.5 Å². The highest BCUT2D eigenvalue weighted by molar-refractivity contribution is 9.10. The number of halogens is 1. The van der Waals surface area contributed by atoms with E-state index in [0.717, 1.165) is 15.6 Å². The van der Waals surface area contributed by atoms with Crippen LogP contribution in [0.2, 0.25) is 0 Å². The number of carboxylic acids is 1. The number of fused-ring (bicyclic) bond motifs is 1. The summed E-state index contributed by atoms with van der Waals surface area (Å²) >= 11 is 3.40. The van der Waals surface area contributed by atoms with Crippen LogP contribution in [-0.4, -0.2) is 16.1 Å². The number of aromatic carboxylic acids is 1. The van der Waals surface area contributed by atoms with Gasteiger partial charge in [-0.1, -0.05) is 6.07 Å². The highest BCUT2D eigenvalue weighted by Gasteiger charge is 2.11. The zero-order valence-electron chi connectivity index (χ0n) is 9.63. The summed E-state index contributed by atoms with van der Waals surface area (Å²) in [4.78, 5) is 15.2. The molecule has 2 aromatic carbocycles. The van der Waals surface area contributed by atoms with Gasteiger partial charge in [0.1, 0.15) is 5.52 Å². The number of aromatic nitrogens is 1. The van der Waals surface area contributed by atoms with E-state index in [1.54, 1.807) is 12.1 Å². The summed E-state index contributed by atoms with van der Waals surface area (Å²) in [6.07, 6.45) is 0. The van der Waals surface area contributed by atoms with E-state index in [4.69, 9.17) is 9.52 Å². The van der Waals surface area contributed by atoms with E-state index < -0.39 is 5.97 Å².